The normalized spacial score (nSPS) is 18.3. The summed E-state index contributed by atoms with van der Waals surface area (Å²) >= 11 is 0. The minimum Gasteiger partial charge on any atom is -0.486 e. The molecule has 2 aliphatic rings. The largest absolute Gasteiger partial charge is 0.486 e. The number of amides is 3. The van der Waals surface area contributed by atoms with Crippen molar-refractivity contribution in [2.45, 2.75) is 89.4 Å². The number of rotatable bonds is 9. The Morgan fingerprint density at radius 1 is 1.00 bits per heavy atom. The van der Waals surface area contributed by atoms with Crippen LogP contribution >= 0.6 is 0 Å². The van der Waals surface area contributed by atoms with Crippen LogP contribution in [0.15, 0.2) is 54.6 Å². The molecular weight excluding hydrogens is 534 g/mol. The van der Waals surface area contributed by atoms with Gasteiger partial charge in [-0.3, -0.25) is 14.4 Å². The third-order valence-corrected chi connectivity index (χ3v) is 8.30. The van der Waals surface area contributed by atoms with Gasteiger partial charge < -0.3 is 25.4 Å². The molecule has 1 saturated heterocycles. The fourth-order valence-corrected chi connectivity index (χ4v) is 5.89. The smallest absolute Gasteiger partial charge is 0.408 e. The molecule has 9 heteroatoms. The molecule has 0 aliphatic carbocycles. The predicted molar refractivity (Wildman–Crippen MR) is 159 cm³/mol. The summed E-state index contributed by atoms with van der Waals surface area (Å²) in [5.74, 6) is -1.35. The van der Waals surface area contributed by atoms with Crippen molar-refractivity contribution in [2.75, 3.05) is 13.1 Å². The minimum atomic E-state index is -1.67. The SMILES string of the molecule is CC(C)(C)OC(=O)N[C@@](C)(C(N)=O)C(CCCCc1ccccc1)C(=O)N1CCC2(CC1)CC(=O)c1ccccc1O2. The first kappa shape index (κ1) is 31.1. The summed E-state index contributed by atoms with van der Waals surface area (Å²) < 4.78 is 11.8. The number of benzene rings is 2. The molecule has 9 nitrogen and oxygen atoms in total. The maximum absolute atomic E-state index is 14.1. The van der Waals surface area contributed by atoms with Crippen molar-refractivity contribution in [3.63, 3.8) is 0 Å². The summed E-state index contributed by atoms with van der Waals surface area (Å²) in [4.78, 5) is 54.5. The van der Waals surface area contributed by atoms with E-state index in [9.17, 15) is 19.2 Å². The standard InChI is InChI=1S/C33H43N3O6/c1-31(2,3)42-30(40)35-32(4,29(34)39)25(16-10-8-14-23-12-6-5-7-13-23)28(38)36-20-18-33(19-21-36)22-26(37)24-15-9-11-17-27(24)41-33/h5-7,9,11-13,15,17,25H,8,10,14,16,18-22H2,1-4H3,(H2,34,39)(H,35,40)/t25?,32-/m1/s1. The number of alkyl carbamates (subject to hydrolysis) is 1. The summed E-state index contributed by atoms with van der Waals surface area (Å²) in [6.07, 6.45) is 3.03. The van der Waals surface area contributed by atoms with Gasteiger partial charge in [-0.15, -0.1) is 0 Å². The number of unbranched alkanes of at least 4 members (excludes halogenated alkanes) is 1. The first-order chi connectivity index (χ1) is 19.8. The van der Waals surface area contributed by atoms with Gasteiger partial charge in [-0.25, -0.2) is 4.79 Å². The number of nitrogens with zero attached hydrogens (tertiary/aromatic N) is 1. The molecule has 0 radical (unpaired) electrons. The summed E-state index contributed by atoms with van der Waals surface area (Å²) in [5.41, 5.74) is 4.52. The number of ether oxygens (including phenoxy) is 2. The summed E-state index contributed by atoms with van der Waals surface area (Å²) in [5, 5.41) is 2.65. The molecule has 2 aliphatic heterocycles. The van der Waals surface area contributed by atoms with Gasteiger partial charge in [0, 0.05) is 25.9 Å². The summed E-state index contributed by atoms with van der Waals surface area (Å²) in [6, 6.07) is 17.3. The number of ketones is 1. The molecule has 3 N–H and O–H groups in total. The maximum Gasteiger partial charge on any atom is 0.408 e. The molecule has 1 unspecified atom stereocenters. The first-order valence-corrected chi connectivity index (χ1v) is 14.8. The van der Waals surface area contributed by atoms with E-state index in [1.165, 1.54) is 12.5 Å². The molecule has 226 valence electrons. The van der Waals surface area contributed by atoms with E-state index < -0.39 is 34.7 Å². The predicted octanol–water partition coefficient (Wildman–Crippen LogP) is 4.81. The van der Waals surface area contributed by atoms with Crippen molar-refractivity contribution in [1.82, 2.24) is 10.2 Å². The highest BCUT2D eigenvalue weighted by Gasteiger charge is 2.49. The summed E-state index contributed by atoms with van der Waals surface area (Å²) in [7, 11) is 0. The monoisotopic (exact) mass is 577 g/mol. The van der Waals surface area contributed by atoms with Crippen LogP contribution in [0.1, 0.15) is 82.1 Å². The van der Waals surface area contributed by atoms with Crippen LogP contribution in [0.5, 0.6) is 5.75 Å². The zero-order valence-electron chi connectivity index (χ0n) is 25.1. The fourth-order valence-electron chi connectivity index (χ4n) is 5.89. The van der Waals surface area contributed by atoms with Crippen LogP contribution < -0.4 is 15.8 Å². The molecule has 1 spiro atoms. The van der Waals surface area contributed by atoms with Gasteiger partial charge >= 0.3 is 6.09 Å². The molecule has 2 aromatic carbocycles. The number of hydrogen-bond donors (Lipinski definition) is 2. The van der Waals surface area contributed by atoms with E-state index in [-0.39, 0.29) is 18.1 Å². The number of nitrogens with two attached hydrogens (primary N) is 1. The van der Waals surface area contributed by atoms with E-state index in [0.29, 0.717) is 50.1 Å². The number of nitrogens with one attached hydrogen (secondary N) is 1. The molecule has 3 amide bonds. The Bertz CT molecular complexity index is 1300. The van der Waals surface area contributed by atoms with Gasteiger partial charge in [0.15, 0.2) is 5.78 Å². The van der Waals surface area contributed by atoms with E-state index in [4.69, 9.17) is 15.2 Å². The second-order valence-corrected chi connectivity index (χ2v) is 12.7. The lowest BCUT2D eigenvalue weighted by Gasteiger charge is -2.45. The number of Topliss-reactive ketones (excluding diaryl/α,β-unsaturated/α-hetero) is 1. The van der Waals surface area contributed by atoms with Crippen molar-refractivity contribution in [2.24, 2.45) is 11.7 Å². The Balaban J connectivity index is 1.50. The topological polar surface area (TPSA) is 128 Å². The molecule has 4 rings (SSSR count). The number of fused-ring (bicyclic) bond motifs is 1. The van der Waals surface area contributed by atoms with E-state index in [2.05, 4.69) is 17.4 Å². The number of likely N-dealkylation sites (tertiary alicyclic amines) is 1. The van der Waals surface area contributed by atoms with Crippen molar-refractivity contribution < 1.29 is 28.7 Å². The van der Waals surface area contributed by atoms with Gasteiger partial charge in [0.2, 0.25) is 11.8 Å². The average molecular weight is 578 g/mol. The van der Waals surface area contributed by atoms with Crippen LogP contribution in [0.2, 0.25) is 0 Å². The quantitative estimate of drug-likeness (QED) is 0.412. The molecule has 2 atom stereocenters. The lowest BCUT2D eigenvalue weighted by atomic mass is 9.78. The highest BCUT2D eigenvalue weighted by atomic mass is 16.6. The number of carbonyl (C=O) groups excluding carboxylic acids is 4. The average Bonchev–Trinajstić information content (AvgIpc) is 2.92. The number of aryl methyl sites for hydroxylation is 1. The fraction of sp³-hybridized carbons (Fsp3) is 0.515. The zero-order chi connectivity index (χ0) is 30.5. The third-order valence-electron chi connectivity index (χ3n) is 8.30. The van der Waals surface area contributed by atoms with Crippen LogP contribution in [0.4, 0.5) is 4.79 Å². The highest BCUT2D eigenvalue weighted by molar-refractivity contribution is 6.00. The molecule has 2 aromatic rings. The Labute approximate surface area is 248 Å². The zero-order valence-corrected chi connectivity index (χ0v) is 25.1. The van der Waals surface area contributed by atoms with E-state index in [1.54, 1.807) is 37.8 Å². The van der Waals surface area contributed by atoms with E-state index in [0.717, 1.165) is 12.8 Å². The Kier molecular flexibility index (Phi) is 9.28. The second-order valence-electron chi connectivity index (χ2n) is 12.7. The molecule has 42 heavy (non-hydrogen) atoms. The molecule has 0 aromatic heterocycles. The number of carbonyl (C=O) groups is 4. The van der Waals surface area contributed by atoms with E-state index in [1.807, 2.05) is 30.3 Å². The van der Waals surface area contributed by atoms with Gasteiger partial charge in [0.25, 0.3) is 0 Å². The van der Waals surface area contributed by atoms with Gasteiger partial charge in [0.1, 0.15) is 22.5 Å². The van der Waals surface area contributed by atoms with Crippen LogP contribution in [0, 0.1) is 5.92 Å². The number of hydrogen-bond acceptors (Lipinski definition) is 6. The lowest BCUT2D eigenvalue weighted by Crippen LogP contribution is -2.64. The van der Waals surface area contributed by atoms with Crippen molar-refractivity contribution in [3.05, 3.63) is 65.7 Å². The van der Waals surface area contributed by atoms with Gasteiger partial charge in [-0.2, -0.15) is 0 Å². The van der Waals surface area contributed by atoms with Crippen LogP contribution in [0.25, 0.3) is 0 Å². The minimum absolute atomic E-state index is 0.0378. The van der Waals surface area contributed by atoms with Crippen LogP contribution in [0.3, 0.4) is 0 Å². The van der Waals surface area contributed by atoms with Crippen LogP contribution in [-0.4, -0.2) is 58.4 Å². The molecule has 1 fully saturated rings. The highest BCUT2D eigenvalue weighted by Crippen LogP contribution is 2.40. The molecule has 0 saturated carbocycles. The molecule has 2 heterocycles. The number of primary amides is 1. The molecule has 0 bridgehead atoms. The van der Waals surface area contributed by atoms with Crippen molar-refractivity contribution in [1.29, 1.82) is 0 Å². The second kappa shape index (κ2) is 12.5. The molecular formula is C33H43N3O6. The Hall–Kier alpha value is -3.88. The number of piperidine rings is 1. The van der Waals surface area contributed by atoms with Crippen molar-refractivity contribution in [3.8, 4) is 5.75 Å². The van der Waals surface area contributed by atoms with E-state index >= 15 is 0 Å². The van der Waals surface area contributed by atoms with Crippen molar-refractivity contribution >= 4 is 23.7 Å². The first-order valence-electron chi connectivity index (χ1n) is 14.8. The van der Waals surface area contributed by atoms with Gasteiger partial charge in [0.05, 0.1) is 17.9 Å². The third kappa shape index (κ3) is 7.30. The summed E-state index contributed by atoms with van der Waals surface area (Å²) in [6.45, 7) is 7.39. The Morgan fingerprint density at radius 2 is 1.64 bits per heavy atom. The van der Waals surface area contributed by atoms with Crippen LogP contribution in [-0.2, 0) is 20.7 Å². The maximum atomic E-state index is 14.1. The van der Waals surface area contributed by atoms with Gasteiger partial charge in [-0.05, 0) is 64.7 Å². The lowest BCUT2D eigenvalue weighted by molar-refractivity contribution is -0.146. The number of para-hydroxylation sites is 1. The Morgan fingerprint density at radius 3 is 2.29 bits per heavy atom. The van der Waals surface area contributed by atoms with Gasteiger partial charge in [-0.1, -0.05) is 48.9 Å².